The summed E-state index contributed by atoms with van der Waals surface area (Å²) in [6, 6.07) is 11.1. The number of hydrogen-bond donors (Lipinski definition) is 2. The van der Waals surface area contributed by atoms with E-state index in [1.54, 1.807) is 37.3 Å². The highest BCUT2D eigenvalue weighted by Gasteiger charge is 2.12. The lowest BCUT2D eigenvalue weighted by atomic mass is 10.1. The zero-order valence-electron chi connectivity index (χ0n) is 25.8. The molecule has 0 atom stereocenters. The van der Waals surface area contributed by atoms with Gasteiger partial charge in [-0.3, -0.25) is 9.78 Å². The van der Waals surface area contributed by atoms with Crippen molar-refractivity contribution in [2.75, 3.05) is 10.6 Å². The maximum atomic E-state index is 13.3. The molecule has 5 rings (SSSR count). The Bertz CT molecular complexity index is 1870. The van der Waals surface area contributed by atoms with E-state index < -0.39 is 12.2 Å². The molecular formula is C28H25N7O. The lowest BCUT2D eigenvalue weighted by Gasteiger charge is -2.13. The van der Waals surface area contributed by atoms with Gasteiger partial charge in [-0.25, -0.2) is 15.0 Å². The summed E-state index contributed by atoms with van der Waals surface area (Å²) in [6.07, 6.45) is 0.693. The van der Waals surface area contributed by atoms with Gasteiger partial charge in [-0.05, 0) is 80.4 Å². The summed E-state index contributed by atoms with van der Waals surface area (Å²) in [4.78, 5) is 29.6. The van der Waals surface area contributed by atoms with Crippen molar-refractivity contribution in [1.29, 1.82) is 0 Å². The van der Waals surface area contributed by atoms with Gasteiger partial charge in [0, 0.05) is 52.9 Å². The van der Waals surface area contributed by atoms with Crippen LogP contribution < -0.4 is 10.6 Å². The Morgan fingerprint density at radius 3 is 2.78 bits per heavy atom. The van der Waals surface area contributed by atoms with Crippen molar-refractivity contribution in [1.82, 2.24) is 24.5 Å². The van der Waals surface area contributed by atoms with E-state index >= 15 is 0 Å². The number of nitrogens with one attached hydrogen (secondary N) is 2. The van der Waals surface area contributed by atoms with Crippen LogP contribution >= 0.6 is 0 Å². The molecule has 3 heterocycles. The van der Waals surface area contributed by atoms with Gasteiger partial charge in [0.15, 0.2) is 0 Å². The Morgan fingerprint density at radius 1 is 1.06 bits per heavy atom. The number of carbonyl (C=O) groups excluding carboxylic acids is 1. The Labute approximate surface area is 217 Å². The molecule has 36 heavy (non-hydrogen) atoms. The molecule has 0 unspecified atom stereocenters. The number of pyridine rings is 1. The van der Waals surface area contributed by atoms with Crippen LogP contribution in [0.15, 0.2) is 85.6 Å². The van der Waals surface area contributed by atoms with Gasteiger partial charge in [0.05, 0.1) is 24.5 Å². The van der Waals surface area contributed by atoms with Gasteiger partial charge in [-0.1, -0.05) is 6.07 Å². The second-order valence-corrected chi connectivity index (χ2v) is 8.14. The van der Waals surface area contributed by atoms with E-state index in [4.69, 9.17) is 8.22 Å². The molecule has 2 N–H and O–H groups in total. The minimum atomic E-state index is -0.451. The molecule has 8 nitrogen and oxygen atoms in total. The van der Waals surface area contributed by atoms with Crippen LogP contribution in [0.3, 0.4) is 0 Å². The van der Waals surface area contributed by atoms with E-state index in [1.807, 2.05) is 19.9 Å². The number of aryl methyl sites for hydroxylation is 3. The molecule has 0 aliphatic heterocycles. The predicted molar refractivity (Wildman–Crippen MR) is 141 cm³/mol. The topological polar surface area (TPSA) is 97.6 Å². The SMILES string of the molecule is [2H]c1nc([2H])c(-c2ccnc(Nc3cc(C(=O)Nc4cc(C)cc(-n5c([2H])nc(C)c5[2H])c4)ccc3C)n2)c([2H])c1[2H]. The zero-order chi connectivity index (χ0) is 30.3. The van der Waals surface area contributed by atoms with Gasteiger partial charge >= 0.3 is 0 Å². The summed E-state index contributed by atoms with van der Waals surface area (Å²) in [5, 5.41) is 5.96. The predicted octanol–water partition coefficient (Wildman–Crippen LogP) is 5.65. The van der Waals surface area contributed by atoms with Crippen molar-refractivity contribution in [3.63, 3.8) is 0 Å². The summed E-state index contributed by atoms with van der Waals surface area (Å²) in [6.45, 7) is 5.37. The normalized spacial score (nSPS) is 13.1. The fourth-order valence-corrected chi connectivity index (χ4v) is 3.55. The summed E-state index contributed by atoms with van der Waals surface area (Å²) in [7, 11) is 0. The standard InChI is InChI=1S/C28H25N7O/c1-18-11-23(14-24(12-18)35-16-20(3)31-17-35)32-27(36)21-7-6-19(2)26(13-21)34-28-30-10-8-25(33-28)22-5-4-9-29-15-22/h4-17H,1-3H3,(H,32,36)(H,30,33,34)/i4D,5D,9D,15D,16D,17D. The Balaban J connectivity index is 1.41. The molecule has 0 spiro atoms. The van der Waals surface area contributed by atoms with Crippen LogP contribution in [0.1, 0.15) is 35.4 Å². The summed E-state index contributed by atoms with van der Waals surface area (Å²) >= 11 is 0. The van der Waals surface area contributed by atoms with Crippen molar-refractivity contribution < 1.29 is 13.0 Å². The van der Waals surface area contributed by atoms with Crippen LogP contribution in [-0.4, -0.2) is 30.4 Å². The Hall–Kier alpha value is -4.85. The summed E-state index contributed by atoms with van der Waals surface area (Å²) in [5.41, 5.74) is 4.21. The van der Waals surface area contributed by atoms with Crippen LogP contribution in [0.4, 0.5) is 17.3 Å². The number of anilines is 3. The zero-order valence-corrected chi connectivity index (χ0v) is 19.8. The fraction of sp³-hybridized carbons (Fsp3) is 0.107. The number of imidazole rings is 1. The lowest BCUT2D eigenvalue weighted by Crippen LogP contribution is -2.13. The first kappa shape index (κ1) is 16.7. The van der Waals surface area contributed by atoms with E-state index in [2.05, 4.69) is 30.6 Å². The molecule has 0 bridgehead atoms. The molecule has 0 saturated carbocycles. The maximum Gasteiger partial charge on any atom is 0.255 e. The van der Waals surface area contributed by atoms with E-state index in [0.717, 1.165) is 11.1 Å². The number of aromatic nitrogens is 5. The average molecular weight is 482 g/mol. The van der Waals surface area contributed by atoms with Crippen molar-refractivity contribution in [2.45, 2.75) is 20.8 Å². The second kappa shape index (κ2) is 9.79. The first-order chi connectivity index (χ1) is 19.9. The van der Waals surface area contributed by atoms with Gasteiger partial charge in [0.2, 0.25) is 5.95 Å². The molecule has 0 aliphatic rings. The molecule has 0 aliphatic carbocycles. The minimum absolute atomic E-state index is 0.0183. The van der Waals surface area contributed by atoms with Gasteiger partial charge in [0.25, 0.3) is 5.91 Å². The third-order valence-corrected chi connectivity index (χ3v) is 5.29. The smallest absolute Gasteiger partial charge is 0.255 e. The molecule has 178 valence electrons. The number of hydrogen-bond acceptors (Lipinski definition) is 6. The molecule has 5 aromatic rings. The monoisotopic (exact) mass is 481 g/mol. The van der Waals surface area contributed by atoms with Gasteiger partial charge in [-0.15, -0.1) is 0 Å². The lowest BCUT2D eigenvalue weighted by molar-refractivity contribution is 0.102. The molecule has 0 saturated heterocycles. The summed E-state index contributed by atoms with van der Waals surface area (Å²) < 4.78 is 49.6. The van der Waals surface area contributed by atoms with Crippen LogP contribution in [0.5, 0.6) is 0 Å². The van der Waals surface area contributed by atoms with E-state index in [0.29, 0.717) is 28.3 Å². The first-order valence-electron chi connectivity index (χ1n) is 14.0. The van der Waals surface area contributed by atoms with Gasteiger partial charge in [0.1, 0.15) is 1.37 Å². The second-order valence-electron chi connectivity index (χ2n) is 8.14. The highest BCUT2D eigenvalue weighted by molar-refractivity contribution is 6.05. The van der Waals surface area contributed by atoms with Crippen LogP contribution in [0.2, 0.25) is 0 Å². The first-order valence-corrected chi connectivity index (χ1v) is 11.0. The van der Waals surface area contributed by atoms with E-state index in [-0.39, 0.29) is 47.8 Å². The van der Waals surface area contributed by atoms with E-state index in [9.17, 15) is 4.79 Å². The number of nitrogens with zero attached hydrogens (tertiary/aromatic N) is 5. The molecule has 3 aromatic heterocycles. The van der Waals surface area contributed by atoms with Crippen LogP contribution in [0.25, 0.3) is 16.9 Å². The van der Waals surface area contributed by atoms with Crippen molar-refractivity contribution in [3.05, 3.63) is 108 Å². The summed E-state index contributed by atoms with van der Waals surface area (Å²) in [5.74, 6) is -0.240. The molecule has 8 heteroatoms. The molecule has 0 radical (unpaired) electrons. The minimum Gasteiger partial charge on any atom is -0.324 e. The van der Waals surface area contributed by atoms with Gasteiger partial charge in [-0.2, -0.15) is 0 Å². The molecule has 0 fully saturated rings. The van der Waals surface area contributed by atoms with Crippen molar-refractivity contribution in [3.8, 4) is 16.9 Å². The Kier molecular flexibility index (Phi) is 4.55. The molecule has 1 amide bonds. The number of amides is 1. The van der Waals surface area contributed by atoms with Crippen LogP contribution in [0, 0.1) is 20.8 Å². The third kappa shape index (κ3) is 5.12. The number of benzene rings is 2. The maximum absolute atomic E-state index is 13.3. The van der Waals surface area contributed by atoms with Crippen LogP contribution in [-0.2, 0) is 0 Å². The van der Waals surface area contributed by atoms with Gasteiger partial charge < -0.3 is 15.2 Å². The average Bonchev–Trinajstić information content (AvgIpc) is 3.19. The van der Waals surface area contributed by atoms with Crippen molar-refractivity contribution >= 4 is 23.2 Å². The molecular weight excluding hydrogens is 450 g/mol. The molecule has 2 aromatic carbocycles. The number of rotatable bonds is 6. The van der Waals surface area contributed by atoms with Crippen molar-refractivity contribution in [2.24, 2.45) is 0 Å². The largest absolute Gasteiger partial charge is 0.324 e. The number of carbonyl (C=O) groups is 1. The highest BCUT2D eigenvalue weighted by Crippen LogP contribution is 2.24. The third-order valence-electron chi connectivity index (χ3n) is 5.29. The highest BCUT2D eigenvalue weighted by atomic mass is 16.1. The Morgan fingerprint density at radius 2 is 1.94 bits per heavy atom. The van der Waals surface area contributed by atoms with E-state index in [1.165, 1.54) is 16.8 Å². The quantitative estimate of drug-likeness (QED) is 0.325. The fourth-order valence-electron chi connectivity index (χ4n) is 3.55.